The molecule has 18 heavy (non-hydrogen) atoms. The molecule has 0 amide bonds. The number of aryl methyl sites for hydroxylation is 1. The molecule has 92 valence electrons. The zero-order valence-corrected chi connectivity index (χ0v) is 10.6. The van der Waals surface area contributed by atoms with E-state index in [9.17, 15) is 4.79 Å². The number of aldehydes is 1. The van der Waals surface area contributed by atoms with E-state index in [0.717, 1.165) is 28.7 Å². The first-order chi connectivity index (χ1) is 8.63. The number of rotatable bonds is 4. The SMILES string of the molecule is C=C(C)Cn1nnc(C=O)c1-c1ccccc1C. The van der Waals surface area contributed by atoms with Crippen LogP contribution in [0.1, 0.15) is 23.0 Å². The number of hydrogen-bond acceptors (Lipinski definition) is 3. The second-order valence-electron chi connectivity index (χ2n) is 4.37. The van der Waals surface area contributed by atoms with Crippen molar-refractivity contribution in [2.45, 2.75) is 20.4 Å². The van der Waals surface area contributed by atoms with Crippen LogP contribution in [0.15, 0.2) is 36.4 Å². The van der Waals surface area contributed by atoms with Crippen molar-refractivity contribution in [1.82, 2.24) is 15.0 Å². The number of hydrogen-bond donors (Lipinski definition) is 0. The van der Waals surface area contributed by atoms with Crippen molar-refractivity contribution in [3.63, 3.8) is 0 Å². The van der Waals surface area contributed by atoms with Gasteiger partial charge in [0.15, 0.2) is 12.0 Å². The summed E-state index contributed by atoms with van der Waals surface area (Å²) in [6.07, 6.45) is 0.740. The molecule has 0 bridgehead atoms. The lowest BCUT2D eigenvalue weighted by Gasteiger charge is -2.09. The molecule has 0 atom stereocenters. The van der Waals surface area contributed by atoms with Gasteiger partial charge >= 0.3 is 0 Å². The van der Waals surface area contributed by atoms with Gasteiger partial charge in [-0.3, -0.25) is 4.79 Å². The maximum atomic E-state index is 11.1. The lowest BCUT2D eigenvalue weighted by Crippen LogP contribution is -2.04. The number of carbonyl (C=O) groups is 1. The molecule has 1 aromatic carbocycles. The minimum Gasteiger partial charge on any atom is -0.296 e. The van der Waals surface area contributed by atoms with Crippen LogP contribution in [0.3, 0.4) is 0 Å². The lowest BCUT2D eigenvalue weighted by atomic mass is 10.0. The fourth-order valence-electron chi connectivity index (χ4n) is 1.89. The normalized spacial score (nSPS) is 10.3. The van der Waals surface area contributed by atoms with E-state index in [4.69, 9.17) is 0 Å². The fourth-order valence-corrected chi connectivity index (χ4v) is 1.89. The molecule has 0 N–H and O–H groups in total. The largest absolute Gasteiger partial charge is 0.296 e. The summed E-state index contributed by atoms with van der Waals surface area (Å²) < 4.78 is 1.72. The Morgan fingerprint density at radius 3 is 2.78 bits per heavy atom. The molecule has 0 unspecified atom stereocenters. The third-order valence-electron chi connectivity index (χ3n) is 2.69. The van der Waals surface area contributed by atoms with Crippen LogP contribution in [0.4, 0.5) is 0 Å². The summed E-state index contributed by atoms with van der Waals surface area (Å²) in [6, 6.07) is 7.87. The molecule has 0 radical (unpaired) electrons. The van der Waals surface area contributed by atoms with Crippen molar-refractivity contribution < 1.29 is 4.79 Å². The maximum Gasteiger partial charge on any atom is 0.172 e. The van der Waals surface area contributed by atoms with Crippen LogP contribution in [0, 0.1) is 6.92 Å². The molecule has 0 spiro atoms. The second-order valence-corrected chi connectivity index (χ2v) is 4.37. The highest BCUT2D eigenvalue weighted by Gasteiger charge is 2.15. The quantitative estimate of drug-likeness (QED) is 0.610. The molecule has 2 aromatic rings. The summed E-state index contributed by atoms with van der Waals surface area (Å²) >= 11 is 0. The Bertz CT molecular complexity index is 599. The minimum absolute atomic E-state index is 0.366. The van der Waals surface area contributed by atoms with Gasteiger partial charge in [-0.1, -0.05) is 41.6 Å². The molecule has 2 rings (SSSR count). The molecular weight excluding hydrogens is 226 g/mol. The van der Waals surface area contributed by atoms with Crippen LogP contribution in [-0.2, 0) is 6.54 Å². The number of aromatic nitrogens is 3. The highest BCUT2D eigenvalue weighted by Crippen LogP contribution is 2.25. The van der Waals surface area contributed by atoms with E-state index >= 15 is 0 Å². The number of allylic oxidation sites excluding steroid dienone is 1. The van der Waals surface area contributed by atoms with E-state index in [2.05, 4.69) is 16.9 Å². The Morgan fingerprint density at radius 1 is 1.44 bits per heavy atom. The molecule has 4 heteroatoms. The van der Waals surface area contributed by atoms with Gasteiger partial charge in [-0.2, -0.15) is 0 Å². The van der Waals surface area contributed by atoms with Gasteiger partial charge in [0.05, 0.1) is 12.2 Å². The van der Waals surface area contributed by atoms with Crippen molar-refractivity contribution in [2.24, 2.45) is 0 Å². The van der Waals surface area contributed by atoms with Crippen molar-refractivity contribution in [1.29, 1.82) is 0 Å². The molecule has 1 heterocycles. The van der Waals surface area contributed by atoms with Crippen LogP contribution in [-0.4, -0.2) is 21.3 Å². The van der Waals surface area contributed by atoms with E-state index < -0.39 is 0 Å². The highest BCUT2D eigenvalue weighted by atomic mass is 16.1. The first kappa shape index (κ1) is 12.2. The van der Waals surface area contributed by atoms with Gasteiger partial charge in [-0.15, -0.1) is 5.10 Å². The molecule has 1 aromatic heterocycles. The average Bonchev–Trinajstić information content (AvgIpc) is 2.72. The molecule has 0 saturated carbocycles. The molecule has 0 aliphatic rings. The van der Waals surface area contributed by atoms with Crippen LogP contribution in [0.25, 0.3) is 11.3 Å². The summed E-state index contributed by atoms with van der Waals surface area (Å²) in [4.78, 5) is 11.1. The first-order valence-electron chi connectivity index (χ1n) is 5.72. The van der Waals surface area contributed by atoms with Gasteiger partial charge in [0.25, 0.3) is 0 Å². The molecule has 0 saturated heterocycles. The smallest absolute Gasteiger partial charge is 0.172 e. The Kier molecular flexibility index (Phi) is 3.37. The maximum absolute atomic E-state index is 11.1. The van der Waals surface area contributed by atoms with E-state index in [0.29, 0.717) is 12.2 Å². The summed E-state index contributed by atoms with van der Waals surface area (Å²) in [7, 11) is 0. The standard InChI is InChI=1S/C14H15N3O/c1-10(2)8-17-14(13(9-18)15-16-17)12-7-5-4-6-11(12)3/h4-7,9H,1,8H2,2-3H3. The Hall–Kier alpha value is -2.23. The third-order valence-corrected chi connectivity index (χ3v) is 2.69. The summed E-state index contributed by atoms with van der Waals surface area (Å²) in [5.74, 6) is 0. The minimum atomic E-state index is 0.366. The number of nitrogens with zero attached hydrogens (tertiary/aromatic N) is 3. The second kappa shape index (κ2) is 4.96. The Morgan fingerprint density at radius 2 is 2.17 bits per heavy atom. The van der Waals surface area contributed by atoms with Crippen molar-refractivity contribution in [3.8, 4) is 11.3 Å². The van der Waals surface area contributed by atoms with Gasteiger partial charge in [0.2, 0.25) is 0 Å². The fraction of sp³-hybridized carbons (Fsp3) is 0.214. The van der Waals surface area contributed by atoms with E-state index in [1.165, 1.54) is 0 Å². The van der Waals surface area contributed by atoms with Crippen LogP contribution in [0.5, 0.6) is 0 Å². The van der Waals surface area contributed by atoms with Crippen molar-refractivity contribution in [2.75, 3.05) is 0 Å². The van der Waals surface area contributed by atoms with Crippen LogP contribution >= 0.6 is 0 Å². The van der Waals surface area contributed by atoms with Crippen LogP contribution in [0.2, 0.25) is 0 Å². The molecular formula is C14H15N3O. The zero-order chi connectivity index (χ0) is 13.1. The van der Waals surface area contributed by atoms with E-state index in [1.807, 2.05) is 38.1 Å². The van der Waals surface area contributed by atoms with Gasteiger partial charge in [-0.05, 0) is 19.4 Å². The molecule has 0 aliphatic heterocycles. The summed E-state index contributed by atoms with van der Waals surface area (Å²) in [5, 5.41) is 7.93. The van der Waals surface area contributed by atoms with Gasteiger partial charge in [0, 0.05) is 5.56 Å². The van der Waals surface area contributed by atoms with Gasteiger partial charge in [-0.25, -0.2) is 4.68 Å². The Balaban J connectivity index is 2.61. The summed E-state index contributed by atoms with van der Waals surface area (Å²) in [5.41, 5.74) is 4.15. The molecule has 0 aliphatic carbocycles. The average molecular weight is 241 g/mol. The van der Waals surface area contributed by atoms with Gasteiger partial charge in [0.1, 0.15) is 0 Å². The predicted octanol–water partition coefficient (Wildman–Crippen LogP) is 2.64. The zero-order valence-electron chi connectivity index (χ0n) is 10.6. The number of carbonyl (C=O) groups excluding carboxylic acids is 1. The number of benzene rings is 1. The predicted molar refractivity (Wildman–Crippen MR) is 70.4 cm³/mol. The van der Waals surface area contributed by atoms with Crippen molar-refractivity contribution in [3.05, 3.63) is 47.7 Å². The third kappa shape index (κ3) is 2.22. The van der Waals surface area contributed by atoms with E-state index in [1.54, 1.807) is 4.68 Å². The first-order valence-corrected chi connectivity index (χ1v) is 5.72. The summed E-state index contributed by atoms with van der Waals surface area (Å²) in [6.45, 7) is 8.35. The molecule has 4 nitrogen and oxygen atoms in total. The Labute approximate surface area is 106 Å². The van der Waals surface area contributed by atoms with E-state index in [-0.39, 0.29) is 0 Å². The lowest BCUT2D eigenvalue weighted by molar-refractivity contribution is 0.111. The highest BCUT2D eigenvalue weighted by molar-refractivity contribution is 5.84. The molecule has 0 fully saturated rings. The van der Waals surface area contributed by atoms with Crippen molar-refractivity contribution >= 4 is 6.29 Å². The monoisotopic (exact) mass is 241 g/mol. The topological polar surface area (TPSA) is 47.8 Å². The van der Waals surface area contributed by atoms with Crippen LogP contribution < -0.4 is 0 Å². The van der Waals surface area contributed by atoms with Gasteiger partial charge < -0.3 is 0 Å².